The van der Waals surface area contributed by atoms with E-state index in [0.29, 0.717) is 18.4 Å². The van der Waals surface area contributed by atoms with Gasteiger partial charge in [-0.1, -0.05) is 6.07 Å². The van der Waals surface area contributed by atoms with E-state index in [1.54, 1.807) is 0 Å². The van der Waals surface area contributed by atoms with Crippen LogP contribution in [-0.2, 0) is 12.8 Å². The average molecular weight is 293 g/mol. The topological polar surface area (TPSA) is 51.0 Å². The van der Waals surface area contributed by atoms with Crippen LogP contribution < -0.4 is 5.32 Å². The molecular weight excluding hydrogens is 276 g/mol. The number of benzene rings is 1. The lowest BCUT2D eigenvalue weighted by atomic mass is 10.1. The third kappa shape index (κ3) is 3.85. The maximum atomic E-state index is 13.5. The molecule has 1 aromatic carbocycles. The third-order valence-electron chi connectivity index (χ3n) is 3.48. The molecule has 21 heavy (non-hydrogen) atoms. The van der Waals surface area contributed by atoms with Crippen LogP contribution in [0.25, 0.3) is 0 Å². The summed E-state index contributed by atoms with van der Waals surface area (Å²) in [6.07, 6.45) is 4.09. The Kier molecular flexibility index (Phi) is 4.24. The lowest BCUT2D eigenvalue weighted by molar-refractivity contribution is 0.442. The molecule has 0 aliphatic heterocycles. The fraction of sp³-hybridized carbons (Fsp3) is 0.467. The van der Waals surface area contributed by atoms with Crippen LogP contribution in [0.2, 0.25) is 0 Å². The molecule has 0 spiro atoms. The van der Waals surface area contributed by atoms with Crippen molar-refractivity contribution in [2.24, 2.45) is 0 Å². The molecule has 0 saturated heterocycles. The summed E-state index contributed by atoms with van der Waals surface area (Å²) in [6, 6.07) is 4.46. The van der Waals surface area contributed by atoms with Crippen molar-refractivity contribution in [1.29, 1.82) is 0 Å². The predicted molar refractivity (Wildman–Crippen MR) is 72.8 cm³/mol. The van der Waals surface area contributed by atoms with Gasteiger partial charge in [-0.05, 0) is 37.9 Å². The summed E-state index contributed by atoms with van der Waals surface area (Å²) in [5.41, 5.74) is -0.0388. The quantitative estimate of drug-likeness (QED) is 0.797. The van der Waals surface area contributed by atoms with Gasteiger partial charge in [0.05, 0.1) is 6.42 Å². The van der Waals surface area contributed by atoms with Gasteiger partial charge in [-0.25, -0.2) is 8.78 Å². The van der Waals surface area contributed by atoms with Gasteiger partial charge in [0.1, 0.15) is 11.6 Å². The number of rotatable bonds is 7. The highest BCUT2D eigenvalue weighted by Crippen LogP contribution is 2.19. The molecule has 1 aliphatic carbocycles. The molecule has 0 atom stereocenters. The zero-order chi connectivity index (χ0) is 14.7. The number of aryl methyl sites for hydroxylation is 1. The zero-order valence-corrected chi connectivity index (χ0v) is 11.6. The Labute approximate surface area is 121 Å². The summed E-state index contributed by atoms with van der Waals surface area (Å²) < 4.78 is 32.5. The van der Waals surface area contributed by atoms with Gasteiger partial charge in [0, 0.05) is 18.0 Å². The number of nitrogens with one attached hydrogen (secondary N) is 1. The molecule has 1 aromatic heterocycles. The summed E-state index contributed by atoms with van der Waals surface area (Å²) in [5, 5.41) is 11.2. The number of nitrogens with zero attached hydrogens (tertiary/aromatic N) is 2. The Morgan fingerprint density at radius 3 is 2.57 bits per heavy atom. The lowest BCUT2D eigenvalue weighted by Gasteiger charge is -2.01. The second kappa shape index (κ2) is 6.30. The van der Waals surface area contributed by atoms with Gasteiger partial charge in [0.2, 0.25) is 11.8 Å². The molecule has 112 valence electrons. The molecule has 1 saturated carbocycles. The molecule has 0 unspecified atom stereocenters. The lowest BCUT2D eigenvalue weighted by Crippen LogP contribution is -2.17. The van der Waals surface area contributed by atoms with Gasteiger partial charge in [-0.15, -0.1) is 10.2 Å². The molecule has 3 rings (SSSR count). The number of aromatic nitrogens is 2. The van der Waals surface area contributed by atoms with Crippen molar-refractivity contribution < 1.29 is 13.2 Å². The minimum atomic E-state index is -0.594. The van der Waals surface area contributed by atoms with E-state index in [2.05, 4.69) is 15.5 Å². The molecule has 0 bridgehead atoms. The fourth-order valence-electron chi connectivity index (χ4n) is 2.15. The van der Waals surface area contributed by atoms with E-state index in [9.17, 15) is 8.78 Å². The van der Waals surface area contributed by atoms with Gasteiger partial charge < -0.3 is 9.73 Å². The van der Waals surface area contributed by atoms with Crippen molar-refractivity contribution in [2.45, 2.75) is 38.1 Å². The molecule has 4 nitrogen and oxygen atoms in total. The highest BCUT2D eigenvalue weighted by atomic mass is 19.1. The molecule has 0 amide bonds. The molecule has 1 fully saturated rings. The number of hydrogen-bond acceptors (Lipinski definition) is 4. The second-order valence-electron chi connectivity index (χ2n) is 5.30. The second-order valence-corrected chi connectivity index (χ2v) is 5.30. The van der Waals surface area contributed by atoms with E-state index < -0.39 is 11.6 Å². The van der Waals surface area contributed by atoms with Crippen molar-refractivity contribution >= 4 is 0 Å². The summed E-state index contributed by atoms with van der Waals surface area (Å²) >= 11 is 0. The van der Waals surface area contributed by atoms with Crippen molar-refractivity contribution in [2.75, 3.05) is 6.54 Å². The van der Waals surface area contributed by atoms with Gasteiger partial charge in [0.25, 0.3) is 0 Å². The van der Waals surface area contributed by atoms with E-state index >= 15 is 0 Å². The van der Waals surface area contributed by atoms with Gasteiger partial charge in [0.15, 0.2) is 0 Å². The monoisotopic (exact) mass is 293 g/mol. The number of halogens is 2. The van der Waals surface area contributed by atoms with Crippen LogP contribution in [0.5, 0.6) is 0 Å². The molecular formula is C15H17F2N3O. The molecule has 1 N–H and O–H groups in total. The van der Waals surface area contributed by atoms with Crippen molar-refractivity contribution in [3.63, 3.8) is 0 Å². The van der Waals surface area contributed by atoms with E-state index in [-0.39, 0.29) is 17.9 Å². The highest BCUT2D eigenvalue weighted by molar-refractivity contribution is 5.22. The minimum absolute atomic E-state index is 0.0220. The van der Waals surface area contributed by atoms with Gasteiger partial charge in [-0.3, -0.25) is 0 Å². The van der Waals surface area contributed by atoms with Crippen molar-refractivity contribution in [3.8, 4) is 0 Å². The number of hydrogen-bond donors (Lipinski definition) is 1. The summed E-state index contributed by atoms with van der Waals surface area (Å²) in [6.45, 7) is 0.921. The van der Waals surface area contributed by atoms with E-state index in [4.69, 9.17) is 4.42 Å². The molecule has 6 heteroatoms. The summed E-state index contributed by atoms with van der Waals surface area (Å²) in [7, 11) is 0. The fourth-order valence-corrected chi connectivity index (χ4v) is 2.15. The first-order chi connectivity index (χ1) is 10.2. The molecule has 2 aromatic rings. The molecule has 1 aliphatic rings. The largest absolute Gasteiger partial charge is 0.425 e. The zero-order valence-electron chi connectivity index (χ0n) is 11.6. The smallest absolute Gasteiger partial charge is 0.221 e. The maximum absolute atomic E-state index is 13.5. The van der Waals surface area contributed by atoms with Crippen molar-refractivity contribution in [3.05, 3.63) is 47.2 Å². The van der Waals surface area contributed by atoms with Crippen LogP contribution in [0.15, 0.2) is 22.6 Å². The Morgan fingerprint density at radius 1 is 1.14 bits per heavy atom. The van der Waals surface area contributed by atoms with E-state index in [0.717, 1.165) is 13.0 Å². The first kappa shape index (κ1) is 14.1. The summed E-state index contributed by atoms with van der Waals surface area (Å²) in [4.78, 5) is 0. The molecule has 1 heterocycles. The van der Waals surface area contributed by atoms with Crippen LogP contribution in [0.4, 0.5) is 8.78 Å². The Hall–Kier alpha value is -1.82. The summed E-state index contributed by atoms with van der Waals surface area (Å²) in [5.74, 6) is -0.435. The van der Waals surface area contributed by atoms with E-state index in [1.165, 1.54) is 31.0 Å². The van der Waals surface area contributed by atoms with Crippen LogP contribution in [0, 0.1) is 11.6 Å². The Balaban J connectivity index is 1.54. The first-order valence-electron chi connectivity index (χ1n) is 7.20. The van der Waals surface area contributed by atoms with Crippen molar-refractivity contribution in [1.82, 2.24) is 15.5 Å². The van der Waals surface area contributed by atoms with Gasteiger partial charge in [-0.2, -0.15) is 0 Å². The molecule has 0 radical (unpaired) electrons. The Morgan fingerprint density at radius 2 is 1.86 bits per heavy atom. The van der Waals surface area contributed by atoms with Gasteiger partial charge >= 0.3 is 0 Å². The average Bonchev–Trinajstić information content (AvgIpc) is 3.18. The third-order valence-corrected chi connectivity index (χ3v) is 3.48. The maximum Gasteiger partial charge on any atom is 0.221 e. The van der Waals surface area contributed by atoms with Crippen LogP contribution in [0.1, 0.15) is 36.6 Å². The van der Waals surface area contributed by atoms with E-state index in [1.807, 2.05) is 0 Å². The van der Waals surface area contributed by atoms with Crippen LogP contribution >= 0.6 is 0 Å². The minimum Gasteiger partial charge on any atom is -0.425 e. The van der Waals surface area contributed by atoms with Crippen LogP contribution in [0.3, 0.4) is 0 Å². The SMILES string of the molecule is Fc1cccc(F)c1Cc1nnc(CCCNC2CC2)o1. The Bertz CT molecular complexity index is 590. The first-order valence-corrected chi connectivity index (χ1v) is 7.20. The standard InChI is InChI=1S/C15H17F2N3O/c16-12-3-1-4-13(17)11(12)9-15-20-19-14(21-15)5-2-8-18-10-6-7-10/h1,3-4,10,18H,2,5-9H2. The highest BCUT2D eigenvalue weighted by Gasteiger charge is 2.19. The normalized spacial score (nSPS) is 14.6. The predicted octanol–water partition coefficient (Wildman–Crippen LogP) is 2.62. The van der Waals surface area contributed by atoms with Crippen LogP contribution in [-0.4, -0.2) is 22.8 Å².